The number of carbonyl (C=O) groups is 2. The normalized spacial score (nSPS) is 16.6. The van der Waals surface area contributed by atoms with Gasteiger partial charge in [0.2, 0.25) is 0 Å². The summed E-state index contributed by atoms with van der Waals surface area (Å²) in [7, 11) is 3.30. The van der Waals surface area contributed by atoms with Gasteiger partial charge in [-0.05, 0) is 54.4 Å². The predicted molar refractivity (Wildman–Crippen MR) is 144 cm³/mol. The second kappa shape index (κ2) is 15.2. The van der Waals surface area contributed by atoms with E-state index in [0.717, 1.165) is 24.0 Å². The van der Waals surface area contributed by atoms with Crippen molar-refractivity contribution < 1.29 is 33.3 Å². The van der Waals surface area contributed by atoms with E-state index in [1.165, 1.54) is 0 Å². The minimum atomic E-state index is -0.513. The number of ether oxygens (including phenoxy) is 5. The quantitative estimate of drug-likeness (QED) is 0.248. The van der Waals surface area contributed by atoms with Gasteiger partial charge in [0.1, 0.15) is 12.7 Å². The molecular weight excluding hydrogens is 486 g/mol. The molecule has 0 saturated carbocycles. The van der Waals surface area contributed by atoms with Crippen LogP contribution < -0.4 is 14.8 Å². The van der Waals surface area contributed by atoms with Crippen molar-refractivity contribution in [3.05, 3.63) is 59.7 Å². The molecule has 0 spiro atoms. The fraction of sp³-hybridized carbons (Fsp3) is 0.533. The van der Waals surface area contributed by atoms with Crippen molar-refractivity contribution in [2.24, 2.45) is 11.8 Å². The number of amides is 1. The molecule has 1 aliphatic rings. The topological polar surface area (TPSA) is 92.3 Å². The van der Waals surface area contributed by atoms with Crippen LogP contribution in [0.3, 0.4) is 0 Å². The molecule has 8 heteroatoms. The Kier molecular flexibility index (Phi) is 11.7. The first-order valence-electron chi connectivity index (χ1n) is 13.3. The maximum atomic E-state index is 12.7. The van der Waals surface area contributed by atoms with Crippen LogP contribution in [0.4, 0.5) is 4.79 Å². The molecule has 0 aromatic heterocycles. The van der Waals surface area contributed by atoms with Gasteiger partial charge in [0.25, 0.3) is 0 Å². The van der Waals surface area contributed by atoms with Gasteiger partial charge in [-0.15, -0.1) is 0 Å². The third kappa shape index (κ3) is 9.24. The molecule has 2 aromatic carbocycles. The lowest BCUT2D eigenvalue weighted by atomic mass is 9.82. The largest absolute Gasteiger partial charge is 0.493 e. The first-order chi connectivity index (χ1) is 18.4. The Balaban J connectivity index is 1.68. The maximum Gasteiger partial charge on any atom is 0.407 e. The standard InChI is InChI=1S/C30H41NO7/c1-21(2)24(17-23-11-12-27(35-4)28(18-23)36-16-8-15-34-3)19-25(26-13-14-29(32)38-26)31-30(33)37-20-22-9-6-5-7-10-22/h5-7,9-12,18,21,24-26H,8,13-17,19-20H2,1-4H3,(H,31,33)/t24-,25-,26-/m0/s1. The fourth-order valence-corrected chi connectivity index (χ4v) is 4.62. The lowest BCUT2D eigenvalue weighted by Crippen LogP contribution is -2.45. The summed E-state index contributed by atoms with van der Waals surface area (Å²) in [4.78, 5) is 24.6. The molecule has 3 atom stereocenters. The lowest BCUT2D eigenvalue weighted by Gasteiger charge is -2.30. The van der Waals surface area contributed by atoms with E-state index in [4.69, 9.17) is 23.7 Å². The van der Waals surface area contributed by atoms with Gasteiger partial charge in [-0.1, -0.05) is 50.2 Å². The zero-order valence-corrected chi connectivity index (χ0v) is 22.9. The van der Waals surface area contributed by atoms with Gasteiger partial charge in [-0.3, -0.25) is 4.79 Å². The van der Waals surface area contributed by atoms with Gasteiger partial charge in [0.15, 0.2) is 11.5 Å². The lowest BCUT2D eigenvalue weighted by molar-refractivity contribution is -0.142. The van der Waals surface area contributed by atoms with E-state index in [9.17, 15) is 9.59 Å². The van der Waals surface area contributed by atoms with Crippen LogP contribution in [0.1, 0.15) is 50.7 Å². The first-order valence-corrected chi connectivity index (χ1v) is 13.3. The van der Waals surface area contributed by atoms with Gasteiger partial charge >= 0.3 is 12.1 Å². The van der Waals surface area contributed by atoms with E-state index in [0.29, 0.717) is 49.9 Å². The van der Waals surface area contributed by atoms with Crippen LogP contribution in [0.5, 0.6) is 11.5 Å². The first kappa shape index (κ1) is 29.3. The minimum Gasteiger partial charge on any atom is -0.493 e. The molecule has 208 valence electrons. The number of hydrogen-bond acceptors (Lipinski definition) is 7. The summed E-state index contributed by atoms with van der Waals surface area (Å²) in [5.41, 5.74) is 2.02. The van der Waals surface area contributed by atoms with Crippen molar-refractivity contribution in [2.75, 3.05) is 27.4 Å². The molecule has 1 heterocycles. The third-order valence-corrected chi connectivity index (χ3v) is 6.86. The van der Waals surface area contributed by atoms with Crippen LogP contribution in [0, 0.1) is 11.8 Å². The number of rotatable bonds is 15. The monoisotopic (exact) mass is 527 g/mol. The Morgan fingerprint density at radius 3 is 2.50 bits per heavy atom. The number of hydrogen-bond donors (Lipinski definition) is 1. The summed E-state index contributed by atoms with van der Waals surface area (Å²) in [5.74, 6) is 1.69. The van der Waals surface area contributed by atoms with Crippen molar-refractivity contribution in [1.29, 1.82) is 0 Å². The van der Waals surface area contributed by atoms with E-state index in [1.54, 1.807) is 14.2 Å². The molecule has 1 fully saturated rings. The van der Waals surface area contributed by atoms with E-state index < -0.39 is 6.09 Å². The predicted octanol–water partition coefficient (Wildman–Crippen LogP) is 5.32. The highest BCUT2D eigenvalue weighted by atomic mass is 16.6. The summed E-state index contributed by atoms with van der Waals surface area (Å²) in [6.07, 6.45) is 2.25. The Bertz CT molecular complexity index is 1010. The Hall–Kier alpha value is -3.26. The highest BCUT2D eigenvalue weighted by molar-refractivity contribution is 5.72. The van der Waals surface area contributed by atoms with Crippen molar-refractivity contribution in [2.45, 2.75) is 64.7 Å². The second-order valence-electron chi connectivity index (χ2n) is 10.0. The Morgan fingerprint density at radius 2 is 1.84 bits per heavy atom. The number of carbonyl (C=O) groups excluding carboxylic acids is 2. The van der Waals surface area contributed by atoms with Crippen molar-refractivity contribution in [3.63, 3.8) is 0 Å². The van der Waals surface area contributed by atoms with Crippen LogP contribution in [-0.4, -0.2) is 51.6 Å². The average Bonchev–Trinajstić information content (AvgIpc) is 3.36. The molecule has 1 saturated heterocycles. The van der Waals surface area contributed by atoms with E-state index in [-0.39, 0.29) is 30.6 Å². The van der Waals surface area contributed by atoms with Crippen molar-refractivity contribution >= 4 is 12.1 Å². The maximum absolute atomic E-state index is 12.7. The second-order valence-corrected chi connectivity index (χ2v) is 10.0. The van der Waals surface area contributed by atoms with Crippen molar-refractivity contribution in [1.82, 2.24) is 5.32 Å². The molecule has 1 amide bonds. The van der Waals surface area contributed by atoms with Gasteiger partial charge in [-0.25, -0.2) is 4.79 Å². The SMILES string of the molecule is COCCCOc1cc(C[C@@H](C[C@H](NC(=O)OCc2ccccc2)[C@@H]2CCC(=O)O2)C(C)C)ccc1OC. The zero-order chi connectivity index (χ0) is 27.3. The van der Waals surface area contributed by atoms with E-state index in [2.05, 4.69) is 19.2 Å². The molecule has 38 heavy (non-hydrogen) atoms. The third-order valence-electron chi connectivity index (χ3n) is 6.86. The summed E-state index contributed by atoms with van der Waals surface area (Å²) in [5, 5.41) is 3.00. The molecule has 1 aliphatic heterocycles. The summed E-state index contributed by atoms with van der Waals surface area (Å²) in [6, 6.07) is 15.2. The highest BCUT2D eigenvalue weighted by Gasteiger charge is 2.35. The van der Waals surface area contributed by atoms with Crippen LogP contribution in [0.25, 0.3) is 0 Å². The number of esters is 1. The number of cyclic esters (lactones) is 1. The van der Waals surface area contributed by atoms with Gasteiger partial charge in [0.05, 0.1) is 19.8 Å². The van der Waals surface area contributed by atoms with E-state index in [1.807, 2.05) is 48.5 Å². The summed E-state index contributed by atoms with van der Waals surface area (Å²) < 4.78 is 27.6. The van der Waals surface area contributed by atoms with Crippen LogP contribution in [-0.2, 0) is 32.0 Å². The highest BCUT2D eigenvalue weighted by Crippen LogP contribution is 2.32. The number of benzene rings is 2. The molecule has 0 radical (unpaired) electrons. The zero-order valence-electron chi connectivity index (χ0n) is 22.9. The molecular formula is C30H41NO7. The van der Waals surface area contributed by atoms with Gasteiger partial charge in [-0.2, -0.15) is 0 Å². The van der Waals surface area contributed by atoms with Gasteiger partial charge < -0.3 is 29.0 Å². The molecule has 1 N–H and O–H groups in total. The van der Waals surface area contributed by atoms with Crippen LogP contribution in [0.2, 0.25) is 0 Å². The van der Waals surface area contributed by atoms with Crippen molar-refractivity contribution in [3.8, 4) is 11.5 Å². The smallest absolute Gasteiger partial charge is 0.407 e. The summed E-state index contributed by atoms with van der Waals surface area (Å²) in [6.45, 7) is 5.68. The minimum absolute atomic E-state index is 0.177. The van der Waals surface area contributed by atoms with E-state index >= 15 is 0 Å². The molecule has 3 rings (SSSR count). The Morgan fingerprint density at radius 1 is 1.05 bits per heavy atom. The number of methoxy groups -OCH3 is 2. The molecule has 2 aromatic rings. The molecule has 0 unspecified atom stereocenters. The van der Waals surface area contributed by atoms with Gasteiger partial charge in [0, 0.05) is 26.6 Å². The summed E-state index contributed by atoms with van der Waals surface area (Å²) >= 11 is 0. The Labute approximate surface area is 225 Å². The van der Waals surface area contributed by atoms with Crippen LogP contribution in [0.15, 0.2) is 48.5 Å². The van der Waals surface area contributed by atoms with Crippen LogP contribution >= 0.6 is 0 Å². The average molecular weight is 528 g/mol. The fourth-order valence-electron chi connectivity index (χ4n) is 4.62. The molecule has 0 bridgehead atoms. The molecule has 0 aliphatic carbocycles. The number of nitrogens with one attached hydrogen (secondary N) is 1. The molecule has 8 nitrogen and oxygen atoms in total. The number of alkyl carbamates (subject to hydrolysis) is 1.